The van der Waals surface area contributed by atoms with Crippen LogP contribution in [0.15, 0.2) is 29.2 Å². The molecule has 0 spiro atoms. The minimum Gasteiger partial charge on any atom is -0.389 e. The quantitative estimate of drug-likeness (QED) is 0.838. The maximum atomic E-state index is 12.0. The van der Waals surface area contributed by atoms with Crippen molar-refractivity contribution < 1.29 is 13.5 Å². The smallest absolute Gasteiger partial charge is 0.240 e. The molecule has 1 atom stereocenters. The Hall–Kier alpha value is -0.910. The van der Waals surface area contributed by atoms with E-state index in [1.807, 2.05) is 6.92 Å². The standard InChI is InChI=1S/C12H19NO3S/c1-4-12(3,14)9-13-17(15,16)11-8-6-5-7-10(11)2/h5-8,13-14H,4,9H2,1-3H3. The van der Waals surface area contributed by atoms with Crippen LogP contribution < -0.4 is 4.72 Å². The zero-order valence-corrected chi connectivity index (χ0v) is 11.2. The Kier molecular flexibility index (Phi) is 4.30. The van der Waals surface area contributed by atoms with Crippen molar-refractivity contribution in [3.05, 3.63) is 29.8 Å². The minimum atomic E-state index is -3.54. The highest BCUT2D eigenvalue weighted by atomic mass is 32.2. The molecule has 0 aromatic heterocycles. The van der Waals surface area contributed by atoms with E-state index in [4.69, 9.17) is 0 Å². The maximum Gasteiger partial charge on any atom is 0.240 e. The van der Waals surface area contributed by atoms with E-state index in [1.165, 1.54) is 0 Å². The molecule has 0 bridgehead atoms. The van der Waals surface area contributed by atoms with E-state index < -0.39 is 15.6 Å². The van der Waals surface area contributed by atoms with Crippen molar-refractivity contribution in [2.45, 2.75) is 37.7 Å². The van der Waals surface area contributed by atoms with Crippen molar-refractivity contribution in [1.29, 1.82) is 0 Å². The third kappa shape index (κ3) is 3.80. The highest BCUT2D eigenvalue weighted by Gasteiger charge is 2.23. The fourth-order valence-electron chi connectivity index (χ4n) is 1.31. The van der Waals surface area contributed by atoms with Gasteiger partial charge >= 0.3 is 0 Å². The van der Waals surface area contributed by atoms with E-state index in [1.54, 1.807) is 38.1 Å². The summed E-state index contributed by atoms with van der Waals surface area (Å²) in [4.78, 5) is 0.256. The van der Waals surface area contributed by atoms with Crippen molar-refractivity contribution in [2.75, 3.05) is 6.54 Å². The predicted molar refractivity (Wildman–Crippen MR) is 67.3 cm³/mol. The lowest BCUT2D eigenvalue weighted by Crippen LogP contribution is -2.40. The monoisotopic (exact) mass is 257 g/mol. The first-order valence-corrected chi connectivity index (χ1v) is 7.04. The van der Waals surface area contributed by atoms with Crippen LogP contribution in [0.4, 0.5) is 0 Å². The normalized spacial score (nSPS) is 15.5. The highest BCUT2D eigenvalue weighted by molar-refractivity contribution is 7.89. The van der Waals surface area contributed by atoms with E-state index in [0.717, 1.165) is 0 Å². The summed E-state index contributed by atoms with van der Waals surface area (Å²) in [5.41, 5.74) is -0.327. The van der Waals surface area contributed by atoms with Crippen LogP contribution in [0.5, 0.6) is 0 Å². The van der Waals surface area contributed by atoms with Gasteiger partial charge in [0, 0.05) is 6.54 Å². The first kappa shape index (κ1) is 14.2. The second-order valence-electron chi connectivity index (χ2n) is 4.44. The molecule has 1 aromatic rings. The number of benzene rings is 1. The van der Waals surface area contributed by atoms with Gasteiger partial charge in [0.15, 0.2) is 0 Å². The van der Waals surface area contributed by atoms with Crippen molar-refractivity contribution in [1.82, 2.24) is 4.72 Å². The number of nitrogens with one attached hydrogen (secondary N) is 1. The molecule has 17 heavy (non-hydrogen) atoms. The van der Waals surface area contributed by atoms with Crippen LogP contribution in [0, 0.1) is 6.92 Å². The molecule has 1 unspecified atom stereocenters. The summed E-state index contributed by atoms with van der Waals surface area (Å²) >= 11 is 0. The first-order chi connectivity index (χ1) is 7.78. The van der Waals surface area contributed by atoms with Crippen molar-refractivity contribution in [2.24, 2.45) is 0 Å². The zero-order valence-electron chi connectivity index (χ0n) is 10.4. The van der Waals surface area contributed by atoms with Gasteiger partial charge in [-0.25, -0.2) is 13.1 Å². The van der Waals surface area contributed by atoms with Gasteiger partial charge in [-0.2, -0.15) is 0 Å². The molecule has 4 nitrogen and oxygen atoms in total. The fraction of sp³-hybridized carbons (Fsp3) is 0.500. The molecule has 0 aliphatic rings. The SMILES string of the molecule is CCC(C)(O)CNS(=O)(=O)c1ccccc1C. The van der Waals surface area contributed by atoms with Crippen LogP contribution in [0.2, 0.25) is 0 Å². The molecule has 96 valence electrons. The summed E-state index contributed by atoms with van der Waals surface area (Å²) in [6, 6.07) is 6.76. The maximum absolute atomic E-state index is 12.0. The fourth-order valence-corrected chi connectivity index (χ4v) is 2.72. The molecule has 0 saturated heterocycles. The highest BCUT2D eigenvalue weighted by Crippen LogP contribution is 2.15. The summed E-state index contributed by atoms with van der Waals surface area (Å²) in [6.45, 7) is 5.17. The summed E-state index contributed by atoms with van der Waals surface area (Å²) in [5.74, 6) is 0. The van der Waals surface area contributed by atoms with Gasteiger partial charge in [0.2, 0.25) is 10.0 Å². The molecule has 2 N–H and O–H groups in total. The lowest BCUT2D eigenvalue weighted by Gasteiger charge is -2.21. The van der Waals surface area contributed by atoms with E-state index in [0.29, 0.717) is 12.0 Å². The lowest BCUT2D eigenvalue weighted by molar-refractivity contribution is 0.0613. The Bertz CT molecular complexity index is 480. The van der Waals surface area contributed by atoms with Gasteiger partial charge in [0.1, 0.15) is 0 Å². The second kappa shape index (κ2) is 5.16. The molecule has 0 aliphatic heterocycles. The molecule has 0 heterocycles. The third-order valence-electron chi connectivity index (χ3n) is 2.79. The minimum absolute atomic E-state index is 0.0141. The van der Waals surface area contributed by atoms with Crippen molar-refractivity contribution in [3.63, 3.8) is 0 Å². The van der Waals surface area contributed by atoms with E-state index in [2.05, 4.69) is 4.72 Å². The second-order valence-corrected chi connectivity index (χ2v) is 6.18. The van der Waals surface area contributed by atoms with E-state index in [9.17, 15) is 13.5 Å². The van der Waals surface area contributed by atoms with Crippen LogP contribution in [-0.2, 0) is 10.0 Å². The molecule has 5 heteroatoms. The molecule has 0 radical (unpaired) electrons. The van der Waals surface area contributed by atoms with Gasteiger partial charge in [-0.05, 0) is 31.9 Å². The van der Waals surface area contributed by atoms with Gasteiger partial charge in [0.25, 0.3) is 0 Å². The summed E-state index contributed by atoms with van der Waals surface area (Å²) in [7, 11) is -3.54. The molecular formula is C12H19NO3S. The van der Waals surface area contributed by atoms with Crippen LogP contribution in [0.3, 0.4) is 0 Å². The Morgan fingerprint density at radius 1 is 1.35 bits per heavy atom. The Balaban J connectivity index is 2.88. The number of rotatable bonds is 5. The zero-order chi connectivity index (χ0) is 13.1. The Morgan fingerprint density at radius 3 is 2.47 bits per heavy atom. The molecule has 1 aromatic carbocycles. The molecule has 0 saturated carbocycles. The topological polar surface area (TPSA) is 66.4 Å². The van der Waals surface area contributed by atoms with Gasteiger partial charge in [-0.15, -0.1) is 0 Å². The third-order valence-corrected chi connectivity index (χ3v) is 4.35. The van der Waals surface area contributed by atoms with Gasteiger partial charge < -0.3 is 5.11 Å². The Labute approximate surface area is 103 Å². The first-order valence-electron chi connectivity index (χ1n) is 5.56. The van der Waals surface area contributed by atoms with Gasteiger partial charge in [-0.3, -0.25) is 0 Å². The van der Waals surface area contributed by atoms with E-state index >= 15 is 0 Å². The molecular weight excluding hydrogens is 238 g/mol. The summed E-state index contributed by atoms with van der Waals surface area (Å²) in [5, 5.41) is 9.78. The number of aryl methyl sites for hydroxylation is 1. The molecule has 1 rings (SSSR count). The predicted octanol–water partition coefficient (Wildman–Crippen LogP) is 1.43. The number of aliphatic hydroxyl groups is 1. The summed E-state index contributed by atoms with van der Waals surface area (Å²) in [6.07, 6.45) is 0.489. The van der Waals surface area contributed by atoms with Crippen LogP contribution in [-0.4, -0.2) is 25.7 Å². The molecule has 0 amide bonds. The number of sulfonamides is 1. The number of hydrogen-bond donors (Lipinski definition) is 2. The van der Waals surface area contributed by atoms with Gasteiger partial charge in [-0.1, -0.05) is 25.1 Å². The van der Waals surface area contributed by atoms with Crippen molar-refractivity contribution in [3.8, 4) is 0 Å². The van der Waals surface area contributed by atoms with Crippen molar-refractivity contribution >= 4 is 10.0 Å². The van der Waals surface area contributed by atoms with Crippen LogP contribution in [0.25, 0.3) is 0 Å². The molecule has 0 fully saturated rings. The van der Waals surface area contributed by atoms with Crippen LogP contribution >= 0.6 is 0 Å². The van der Waals surface area contributed by atoms with Crippen LogP contribution in [0.1, 0.15) is 25.8 Å². The average Bonchev–Trinajstić information content (AvgIpc) is 2.27. The lowest BCUT2D eigenvalue weighted by atomic mass is 10.1. The summed E-state index contributed by atoms with van der Waals surface area (Å²) < 4.78 is 26.4. The molecule has 0 aliphatic carbocycles. The number of hydrogen-bond acceptors (Lipinski definition) is 3. The van der Waals surface area contributed by atoms with Gasteiger partial charge in [0.05, 0.1) is 10.5 Å². The average molecular weight is 257 g/mol. The Morgan fingerprint density at radius 2 is 1.94 bits per heavy atom. The van der Waals surface area contributed by atoms with E-state index in [-0.39, 0.29) is 11.4 Å². The largest absolute Gasteiger partial charge is 0.389 e.